The van der Waals surface area contributed by atoms with Crippen LogP contribution in [0.25, 0.3) is 5.57 Å². The van der Waals surface area contributed by atoms with Gasteiger partial charge in [0, 0.05) is 0 Å². The van der Waals surface area contributed by atoms with Gasteiger partial charge in [0.05, 0.1) is 12.0 Å². The molecule has 0 saturated heterocycles. The average molecular weight is 305 g/mol. The molecule has 2 aromatic rings. The number of primary amides is 1. The predicted octanol–water partition coefficient (Wildman–Crippen LogP) is 3.93. The second kappa shape index (κ2) is 6.47. The van der Waals surface area contributed by atoms with Gasteiger partial charge in [0.1, 0.15) is 0 Å². The highest BCUT2D eigenvalue weighted by Crippen LogP contribution is 2.38. The Morgan fingerprint density at radius 3 is 1.59 bits per heavy atom. The van der Waals surface area contributed by atoms with E-state index in [1.807, 2.05) is 0 Å². The number of rotatable bonds is 4. The monoisotopic (exact) mass is 305 g/mol. The Hall–Kier alpha value is -2.56. The summed E-state index contributed by atoms with van der Waals surface area (Å²) in [6.07, 6.45) is -5.50. The topological polar surface area (TPSA) is 43.1 Å². The van der Waals surface area contributed by atoms with Crippen molar-refractivity contribution in [2.24, 2.45) is 5.73 Å². The number of carbonyl (C=O) groups is 1. The van der Waals surface area contributed by atoms with E-state index in [0.29, 0.717) is 11.1 Å². The summed E-state index contributed by atoms with van der Waals surface area (Å²) in [6, 6.07) is 16.3. The zero-order chi connectivity index (χ0) is 16.2. The van der Waals surface area contributed by atoms with Gasteiger partial charge >= 0.3 is 6.18 Å². The first-order valence-corrected chi connectivity index (χ1v) is 6.59. The summed E-state index contributed by atoms with van der Waals surface area (Å²) in [5.41, 5.74) is 4.84. The van der Waals surface area contributed by atoms with Gasteiger partial charge in [-0.3, -0.25) is 4.79 Å². The average Bonchev–Trinajstić information content (AvgIpc) is 2.47. The van der Waals surface area contributed by atoms with Crippen molar-refractivity contribution in [3.05, 3.63) is 77.4 Å². The van der Waals surface area contributed by atoms with E-state index >= 15 is 0 Å². The van der Waals surface area contributed by atoms with Gasteiger partial charge in [0.25, 0.3) is 0 Å². The van der Waals surface area contributed by atoms with Crippen molar-refractivity contribution in [2.75, 3.05) is 0 Å². The van der Waals surface area contributed by atoms with Gasteiger partial charge in [-0.15, -0.1) is 0 Å². The second-order valence-electron chi connectivity index (χ2n) is 4.73. The van der Waals surface area contributed by atoms with Crippen molar-refractivity contribution < 1.29 is 18.0 Å². The van der Waals surface area contributed by atoms with Crippen LogP contribution < -0.4 is 5.73 Å². The Balaban J connectivity index is 2.75. The molecule has 1 amide bonds. The number of benzene rings is 2. The van der Waals surface area contributed by atoms with E-state index in [9.17, 15) is 18.0 Å². The van der Waals surface area contributed by atoms with Crippen LogP contribution in [0.2, 0.25) is 0 Å². The molecule has 0 bridgehead atoms. The third-order valence-electron chi connectivity index (χ3n) is 3.12. The Morgan fingerprint density at radius 1 is 0.864 bits per heavy atom. The second-order valence-corrected chi connectivity index (χ2v) is 4.73. The summed E-state index contributed by atoms with van der Waals surface area (Å²) in [7, 11) is 0. The lowest BCUT2D eigenvalue weighted by Crippen LogP contribution is -2.21. The first-order valence-electron chi connectivity index (χ1n) is 6.59. The zero-order valence-corrected chi connectivity index (χ0v) is 11.6. The summed E-state index contributed by atoms with van der Waals surface area (Å²) >= 11 is 0. The lowest BCUT2D eigenvalue weighted by molar-refractivity contribution is -0.122. The molecule has 0 fully saturated rings. The van der Waals surface area contributed by atoms with Crippen LogP contribution in [0.1, 0.15) is 17.5 Å². The first-order chi connectivity index (χ1) is 10.4. The van der Waals surface area contributed by atoms with E-state index in [1.165, 1.54) is 0 Å². The number of alkyl halides is 3. The van der Waals surface area contributed by atoms with Crippen LogP contribution in [0.4, 0.5) is 13.2 Å². The molecule has 0 aliphatic carbocycles. The minimum atomic E-state index is -4.64. The molecule has 0 unspecified atom stereocenters. The summed E-state index contributed by atoms with van der Waals surface area (Å²) in [5.74, 6) is -1.02. The molecule has 2 nitrogen and oxygen atoms in total. The Bertz CT molecular complexity index is 635. The maximum atomic E-state index is 13.4. The molecule has 5 heteroatoms. The number of nitrogens with two attached hydrogens (primary N) is 1. The number of halogens is 3. The molecule has 0 aliphatic rings. The largest absolute Gasteiger partial charge is 0.413 e. The molecule has 0 saturated carbocycles. The summed E-state index contributed by atoms with van der Waals surface area (Å²) in [6.45, 7) is 0. The molecule has 22 heavy (non-hydrogen) atoms. The van der Waals surface area contributed by atoms with Crippen LogP contribution in [0.3, 0.4) is 0 Å². The third kappa shape index (κ3) is 3.75. The van der Waals surface area contributed by atoms with Gasteiger partial charge in [0.2, 0.25) is 5.91 Å². The van der Waals surface area contributed by atoms with E-state index in [4.69, 9.17) is 5.73 Å². The van der Waals surface area contributed by atoms with E-state index in [2.05, 4.69) is 0 Å². The maximum Gasteiger partial charge on any atom is 0.413 e. The Kier molecular flexibility index (Phi) is 4.65. The van der Waals surface area contributed by atoms with Gasteiger partial charge in [-0.2, -0.15) is 13.2 Å². The lowest BCUT2D eigenvalue weighted by atomic mass is 9.91. The highest BCUT2D eigenvalue weighted by Gasteiger charge is 2.37. The fourth-order valence-electron chi connectivity index (χ4n) is 2.23. The quantitative estimate of drug-likeness (QED) is 0.914. The number of carbonyl (C=O) groups excluding carboxylic acids is 1. The van der Waals surface area contributed by atoms with Gasteiger partial charge < -0.3 is 5.73 Å². The van der Waals surface area contributed by atoms with Crippen molar-refractivity contribution in [3.63, 3.8) is 0 Å². The molecular weight excluding hydrogens is 291 g/mol. The number of hydrogen-bond donors (Lipinski definition) is 1. The predicted molar refractivity (Wildman–Crippen MR) is 78.8 cm³/mol. The van der Waals surface area contributed by atoms with E-state index < -0.39 is 24.1 Å². The van der Waals surface area contributed by atoms with Gasteiger partial charge in [-0.25, -0.2) is 0 Å². The van der Waals surface area contributed by atoms with Crippen molar-refractivity contribution >= 4 is 11.5 Å². The highest BCUT2D eigenvalue weighted by atomic mass is 19.4. The van der Waals surface area contributed by atoms with Gasteiger partial charge in [-0.05, 0) is 16.7 Å². The molecule has 2 rings (SSSR count). The molecule has 0 aliphatic heterocycles. The fourth-order valence-corrected chi connectivity index (χ4v) is 2.23. The normalized spacial score (nSPS) is 11.0. The standard InChI is InChI=1S/C17H14F3NO/c18-17(19,20)14(11-15(21)22)16(12-7-3-1-4-8-12)13-9-5-2-6-10-13/h1-10H,11H2,(H2,21,22). The van der Waals surface area contributed by atoms with Crippen molar-refractivity contribution in [2.45, 2.75) is 12.6 Å². The van der Waals surface area contributed by atoms with Crippen LogP contribution in [-0.4, -0.2) is 12.1 Å². The molecule has 2 N–H and O–H groups in total. The van der Waals surface area contributed by atoms with E-state index in [-0.39, 0.29) is 5.57 Å². The zero-order valence-electron chi connectivity index (χ0n) is 11.6. The van der Waals surface area contributed by atoms with E-state index in [0.717, 1.165) is 0 Å². The molecule has 0 atom stereocenters. The van der Waals surface area contributed by atoms with Gasteiger partial charge in [0.15, 0.2) is 0 Å². The Morgan fingerprint density at radius 2 is 1.27 bits per heavy atom. The molecule has 2 aromatic carbocycles. The molecular formula is C17H14F3NO. The molecule has 0 aromatic heterocycles. The molecule has 0 heterocycles. The summed E-state index contributed by atoms with van der Waals surface area (Å²) in [5, 5.41) is 0. The lowest BCUT2D eigenvalue weighted by Gasteiger charge is -2.18. The fraction of sp³-hybridized carbons (Fsp3) is 0.118. The molecule has 0 radical (unpaired) electrons. The van der Waals surface area contributed by atoms with Crippen LogP contribution in [0.15, 0.2) is 66.2 Å². The van der Waals surface area contributed by atoms with Crippen LogP contribution in [0, 0.1) is 0 Å². The van der Waals surface area contributed by atoms with Crippen LogP contribution in [-0.2, 0) is 4.79 Å². The molecule has 114 valence electrons. The smallest absolute Gasteiger partial charge is 0.369 e. The van der Waals surface area contributed by atoms with Crippen LogP contribution in [0.5, 0.6) is 0 Å². The van der Waals surface area contributed by atoms with Crippen molar-refractivity contribution in [1.82, 2.24) is 0 Å². The van der Waals surface area contributed by atoms with Gasteiger partial charge in [-0.1, -0.05) is 60.7 Å². The molecule has 0 spiro atoms. The SMILES string of the molecule is NC(=O)CC(=C(c1ccccc1)c1ccccc1)C(F)(F)F. The maximum absolute atomic E-state index is 13.4. The number of hydrogen-bond acceptors (Lipinski definition) is 1. The summed E-state index contributed by atoms with van der Waals surface area (Å²) in [4.78, 5) is 11.1. The minimum absolute atomic E-state index is 0.0208. The minimum Gasteiger partial charge on any atom is -0.369 e. The third-order valence-corrected chi connectivity index (χ3v) is 3.12. The van der Waals surface area contributed by atoms with E-state index in [1.54, 1.807) is 60.7 Å². The summed E-state index contributed by atoms with van der Waals surface area (Å²) < 4.78 is 40.3. The van der Waals surface area contributed by atoms with Crippen molar-refractivity contribution in [3.8, 4) is 0 Å². The Labute approximate surface area is 126 Å². The number of amides is 1. The highest BCUT2D eigenvalue weighted by molar-refractivity contribution is 5.87. The first kappa shape index (κ1) is 15.8. The van der Waals surface area contributed by atoms with Crippen LogP contribution >= 0.6 is 0 Å². The van der Waals surface area contributed by atoms with Crippen molar-refractivity contribution in [1.29, 1.82) is 0 Å².